The highest BCUT2D eigenvalue weighted by Crippen LogP contribution is 2.34. The molecule has 3 heteroatoms. The summed E-state index contributed by atoms with van der Waals surface area (Å²) in [5.74, 6) is 1.91. The van der Waals surface area contributed by atoms with E-state index in [-0.39, 0.29) is 0 Å². The summed E-state index contributed by atoms with van der Waals surface area (Å²) >= 11 is 0. The van der Waals surface area contributed by atoms with Gasteiger partial charge in [-0.1, -0.05) is 25.7 Å². The van der Waals surface area contributed by atoms with E-state index < -0.39 is 0 Å². The zero-order valence-corrected chi connectivity index (χ0v) is 16.5. The number of likely N-dealkylation sites (tertiary alicyclic amines) is 1. The largest absolute Gasteiger partial charge is 0.497 e. The fourth-order valence-corrected chi connectivity index (χ4v) is 5.41. The topological polar surface area (TPSA) is 28.3 Å². The molecule has 2 heterocycles. The number of aryl methyl sites for hydroxylation is 1. The predicted molar refractivity (Wildman–Crippen MR) is 109 cm³/mol. The zero-order chi connectivity index (χ0) is 17.9. The second-order valence-electron chi connectivity index (χ2n) is 8.39. The van der Waals surface area contributed by atoms with E-state index in [2.05, 4.69) is 28.9 Å². The molecule has 0 amide bonds. The first kappa shape index (κ1) is 17.9. The first-order chi connectivity index (χ1) is 12.8. The molecule has 4 rings (SSSR count). The molecule has 0 spiro atoms. The van der Waals surface area contributed by atoms with Gasteiger partial charge in [0.25, 0.3) is 0 Å². The van der Waals surface area contributed by atoms with Crippen LogP contribution in [0.4, 0.5) is 0 Å². The smallest absolute Gasteiger partial charge is 0.119 e. The molecule has 1 N–H and O–H groups in total. The van der Waals surface area contributed by atoms with Crippen LogP contribution in [0, 0.1) is 12.8 Å². The molecular weight excluding hydrogens is 320 g/mol. The van der Waals surface area contributed by atoms with Crippen molar-refractivity contribution in [3.63, 3.8) is 0 Å². The van der Waals surface area contributed by atoms with Crippen LogP contribution in [0.3, 0.4) is 0 Å². The second-order valence-corrected chi connectivity index (χ2v) is 8.39. The molecule has 1 aromatic heterocycles. The number of nitrogens with one attached hydrogen (secondary N) is 1. The van der Waals surface area contributed by atoms with E-state index in [4.69, 9.17) is 4.74 Å². The third kappa shape index (κ3) is 3.64. The van der Waals surface area contributed by atoms with Crippen LogP contribution in [0.15, 0.2) is 18.2 Å². The van der Waals surface area contributed by atoms with Gasteiger partial charge >= 0.3 is 0 Å². The summed E-state index contributed by atoms with van der Waals surface area (Å²) in [4.78, 5) is 6.40. The number of aromatic nitrogens is 1. The lowest BCUT2D eigenvalue weighted by Crippen LogP contribution is -2.45. The Bertz CT molecular complexity index is 729. The Morgan fingerprint density at radius 1 is 1.08 bits per heavy atom. The highest BCUT2D eigenvalue weighted by Gasteiger charge is 2.30. The third-order valence-electron chi connectivity index (χ3n) is 6.83. The van der Waals surface area contributed by atoms with Gasteiger partial charge in [0.05, 0.1) is 7.11 Å². The Morgan fingerprint density at radius 3 is 2.69 bits per heavy atom. The number of piperidine rings is 1. The van der Waals surface area contributed by atoms with E-state index in [1.807, 2.05) is 6.07 Å². The molecule has 2 aliphatic rings. The zero-order valence-electron chi connectivity index (χ0n) is 16.5. The fourth-order valence-electron chi connectivity index (χ4n) is 5.41. The summed E-state index contributed by atoms with van der Waals surface area (Å²) in [5, 5.41) is 1.34. The average Bonchev–Trinajstić information content (AvgIpc) is 3.01. The molecule has 1 aliphatic heterocycles. The van der Waals surface area contributed by atoms with Crippen LogP contribution in [-0.2, 0) is 6.42 Å². The number of fused-ring (bicyclic) bond motifs is 1. The molecule has 2 aromatic rings. The highest BCUT2D eigenvalue weighted by molar-refractivity contribution is 5.86. The number of H-pyrrole nitrogens is 1. The van der Waals surface area contributed by atoms with Crippen molar-refractivity contribution in [1.29, 1.82) is 0 Å². The van der Waals surface area contributed by atoms with Gasteiger partial charge in [-0.05, 0) is 75.3 Å². The van der Waals surface area contributed by atoms with Crippen molar-refractivity contribution in [3.05, 3.63) is 29.5 Å². The molecule has 0 bridgehead atoms. The summed E-state index contributed by atoms with van der Waals surface area (Å²) in [6, 6.07) is 7.23. The van der Waals surface area contributed by atoms with E-state index >= 15 is 0 Å². The van der Waals surface area contributed by atoms with Crippen molar-refractivity contribution in [2.24, 2.45) is 5.92 Å². The molecule has 2 fully saturated rings. The van der Waals surface area contributed by atoms with Crippen LogP contribution >= 0.6 is 0 Å². The van der Waals surface area contributed by atoms with Crippen LogP contribution in [0.2, 0.25) is 0 Å². The Labute approximate surface area is 158 Å². The lowest BCUT2D eigenvalue weighted by molar-refractivity contribution is 0.0824. The minimum absolute atomic E-state index is 0.837. The molecule has 1 aliphatic carbocycles. The number of hydrogen-bond donors (Lipinski definition) is 1. The Balaban J connectivity index is 1.50. The summed E-state index contributed by atoms with van der Waals surface area (Å²) in [5.41, 5.74) is 4.03. The van der Waals surface area contributed by atoms with Gasteiger partial charge in [-0.25, -0.2) is 0 Å². The van der Waals surface area contributed by atoms with E-state index in [1.165, 1.54) is 86.6 Å². The van der Waals surface area contributed by atoms with Gasteiger partial charge in [0, 0.05) is 29.2 Å². The number of ether oxygens (including phenoxy) is 1. The SMILES string of the molecule is COc1ccc2[nH]c(C)c(CCN3CCCCC3C3CCCCC3)c2c1. The normalized spacial score (nSPS) is 22.8. The molecule has 1 saturated carbocycles. The monoisotopic (exact) mass is 354 g/mol. The van der Waals surface area contributed by atoms with Crippen LogP contribution in [-0.4, -0.2) is 36.1 Å². The van der Waals surface area contributed by atoms with Crippen molar-refractivity contribution in [2.45, 2.75) is 70.8 Å². The predicted octanol–water partition coefficient (Wildman–Crippen LogP) is 5.46. The van der Waals surface area contributed by atoms with Crippen LogP contribution in [0.25, 0.3) is 10.9 Å². The number of hydrogen-bond acceptors (Lipinski definition) is 2. The average molecular weight is 355 g/mol. The van der Waals surface area contributed by atoms with Gasteiger partial charge in [0.15, 0.2) is 0 Å². The number of nitrogens with zero attached hydrogens (tertiary/aromatic N) is 1. The Hall–Kier alpha value is -1.48. The van der Waals surface area contributed by atoms with E-state index in [1.54, 1.807) is 7.11 Å². The summed E-state index contributed by atoms with van der Waals surface area (Å²) in [6.45, 7) is 4.72. The van der Waals surface area contributed by atoms with E-state index in [0.29, 0.717) is 0 Å². The van der Waals surface area contributed by atoms with Crippen LogP contribution in [0.1, 0.15) is 62.6 Å². The van der Waals surface area contributed by atoms with Crippen molar-refractivity contribution in [2.75, 3.05) is 20.2 Å². The maximum absolute atomic E-state index is 5.45. The van der Waals surface area contributed by atoms with Gasteiger partial charge in [-0.2, -0.15) is 0 Å². The number of aromatic amines is 1. The standard InChI is InChI=1S/C23H34N2O/c1-17-20(21-16-19(26-2)11-12-22(21)24-17)13-15-25-14-7-6-10-23(25)18-8-4-3-5-9-18/h11-12,16,18,23-24H,3-10,13-15H2,1-2H3. The number of methoxy groups -OCH3 is 1. The van der Waals surface area contributed by atoms with Crippen LogP contribution < -0.4 is 4.74 Å². The molecular formula is C23H34N2O. The van der Waals surface area contributed by atoms with Gasteiger partial charge in [0.1, 0.15) is 5.75 Å². The van der Waals surface area contributed by atoms with Gasteiger partial charge in [-0.3, -0.25) is 4.90 Å². The maximum Gasteiger partial charge on any atom is 0.119 e. The van der Waals surface area contributed by atoms with E-state index in [9.17, 15) is 0 Å². The summed E-state index contributed by atoms with van der Waals surface area (Å²) in [6.07, 6.45) is 12.7. The molecule has 26 heavy (non-hydrogen) atoms. The first-order valence-electron chi connectivity index (χ1n) is 10.7. The molecule has 1 saturated heterocycles. The van der Waals surface area contributed by atoms with Gasteiger partial charge in [-0.15, -0.1) is 0 Å². The van der Waals surface area contributed by atoms with Gasteiger partial charge < -0.3 is 9.72 Å². The minimum Gasteiger partial charge on any atom is -0.497 e. The molecule has 1 aromatic carbocycles. The second kappa shape index (κ2) is 8.04. The lowest BCUT2D eigenvalue weighted by Gasteiger charge is -2.42. The number of rotatable bonds is 5. The Kier molecular flexibility index (Phi) is 5.54. The molecule has 142 valence electrons. The molecule has 1 unspecified atom stereocenters. The lowest BCUT2D eigenvalue weighted by atomic mass is 9.80. The van der Waals surface area contributed by atoms with Gasteiger partial charge in [0.2, 0.25) is 0 Å². The molecule has 1 atom stereocenters. The van der Waals surface area contributed by atoms with Crippen molar-refractivity contribution in [1.82, 2.24) is 9.88 Å². The third-order valence-corrected chi connectivity index (χ3v) is 6.83. The Morgan fingerprint density at radius 2 is 1.88 bits per heavy atom. The summed E-state index contributed by atoms with van der Waals surface area (Å²) < 4.78 is 5.45. The molecule has 3 nitrogen and oxygen atoms in total. The van der Waals surface area contributed by atoms with E-state index in [0.717, 1.165) is 24.1 Å². The highest BCUT2D eigenvalue weighted by atomic mass is 16.5. The van der Waals surface area contributed by atoms with Crippen molar-refractivity contribution < 1.29 is 4.74 Å². The minimum atomic E-state index is 0.837. The quantitative estimate of drug-likeness (QED) is 0.772. The van der Waals surface area contributed by atoms with Crippen molar-refractivity contribution in [3.8, 4) is 5.75 Å². The number of benzene rings is 1. The molecule has 0 radical (unpaired) electrons. The first-order valence-corrected chi connectivity index (χ1v) is 10.7. The summed E-state index contributed by atoms with van der Waals surface area (Å²) in [7, 11) is 1.75. The van der Waals surface area contributed by atoms with Crippen molar-refractivity contribution >= 4 is 10.9 Å². The van der Waals surface area contributed by atoms with Crippen LogP contribution in [0.5, 0.6) is 5.75 Å². The fraction of sp³-hybridized carbons (Fsp3) is 0.652. The maximum atomic E-state index is 5.45.